The Hall–Kier alpha value is -3.25. The number of nitrogens with zero attached hydrogens (tertiary/aromatic N) is 4. The van der Waals surface area contributed by atoms with E-state index in [2.05, 4.69) is 15.4 Å². The van der Waals surface area contributed by atoms with E-state index >= 15 is 0 Å². The second-order valence-electron chi connectivity index (χ2n) is 8.10. The molecule has 12 heteroatoms. The zero-order valence-electron chi connectivity index (χ0n) is 19.2. The van der Waals surface area contributed by atoms with Crippen LogP contribution in [0.4, 0.5) is 5.95 Å². The van der Waals surface area contributed by atoms with Gasteiger partial charge < -0.3 is 10.1 Å². The fourth-order valence-corrected chi connectivity index (χ4v) is 6.42. The minimum absolute atomic E-state index is 0.226. The van der Waals surface area contributed by atoms with Gasteiger partial charge in [-0.15, -0.1) is 16.4 Å². The van der Waals surface area contributed by atoms with E-state index in [1.54, 1.807) is 60.7 Å². The van der Waals surface area contributed by atoms with Crippen LogP contribution >= 0.6 is 22.9 Å². The van der Waals surface area contributed by atoms with Gasteiger partial charge in [0.15, 0.2) is 5.82 Å². The molecule has 0 amide bonds. The number of hydrogen-bond acceptors (Lipinski definition) is 8. The van der Waals surface area contributed by atoms with E-state index in [1.165, 1.54) is 27.4 Å². The number of carbonyl (C=O) groups is 1. The monoisotopic (exact) mass is 543 g/mol. The van der Waals surface area contributed by atoms with Gasteiger partial charge in [-0.1, -0.05) is 41.9 Å². The SMILES string of the molecule is COc1ccccc1C(=O)n1nc(C2CN(S(=O)(=O)c3ccccc3)C2)nc1NCc1ccc(Cl)s1. The summed E-state index contributed by atoms with van der Waals surface area (Å²) in [6.45, 7) is 0.849. The van der Waals surface area contributed by atoms with E-state index in [0.717, 1.165) is 4.88 Å². The van der Waals surface area contributed by atoms with Crippen LogP contribution in [-0.2, 0) is 16.6 Å². The van der Waals surface area contributed by atoms with E-state index < -0.39 is 15.9 Å². The molecule has 0 saturated carbocycles. The quantitative estimate of drug-likeness (QED) is 0.357. The number of sulfonamides is 1. The first-order valence-corrected chi connectivity index (χ1v) is 13.7. The summed E-state index contributed by atoms with van der Waals surface area (Å²) in [6.07, 6.45) is 0. The normalized spacial score (nSPS) is 14.4. The maximum absolute atomic E-state index is 13.4. The van der Waals surface area contributed by atoms with Crippen molar-refractivity contribution in [3.05, 3.63) is 87.3 Å². The van der Waals surface area contributed by atoms with Crippen molar-refractivity contribution in [1.82, 2.24) is 19.1 Å². The molecule has 4 aromatic rings. The van der Waals surface area contributed by atoms with E-state index in [-0.39, 0.29) is 29.9 Å². The molecule has 0 spiro atoms. The van der Waals surface area contributed by atoms with Crippen molar-refractivity contribution in [3.63, 3.8) is 0 Å². The van der Waals surface area contributed by atoms with Gasteiger partial charge in [0.2, 0.25) is 16.0 Å². The Bertz CT molecular complexity index is 1500. The number of hydrogen-bond donors (Lipinski definition) is 1. The first-order valence-electron chi connectivity index (χ1n) is 11.0. The van der Waals surface area contributed by atoms with Gasteiger partial charge in [0, 0.05) is 23.9 Å². The highest BCUT2D eigenvalue weighted by Gasteiger charge is 2.40. The van der Waals surface area contributed by atoms with Gasteiger partial charge in [-0.05, 0) is 36.4 Å². The van der Waals surface area contributed by atoms with Crippen LogP contribution in [0.2, 0.25) is 4.34 Å². The number of aromatic nitrogens is 3. The van der Waals surface area contributed by atoms with Crippen molar-refractivity contribution in [2.24, 2.45) is 0 Å². The molecule has 5 rings (SSSR count). The van der Waals surface area contributed by atoms with Crippen LogP contribution in [0.15, 0.2) is 71.6 Å². The molecule has 0 radical (unpaired) electrons. The Kier molecular flexibility index (Phi) is 6.80. The summed E-state index contributed by atoms with van der Waals surface area (Å²) in [5, 5.41) is 7.65. The molecule has 2 aromatic carbocycles. The zero-order chi connectivity index (χ0) is 25.3. The molecule has 3 heterocycles. The van der Waals surface area contributed by atoms with Gasteiger partial charge in [-0.3, -0.25) is 4.79 Å². The Balaban J connectivity index is 1.40. The Morgan fingerprint density at radius 3 is 2.53 bits per heavy atom. The number of methoxy groups -OCH3 is 1. The number of halogens is 1. The lowest BCUT2D eigenvalue weighted by atomic mass is 10.0. The Morgan fingerprint density at radius 2 is 1.83 bits per heavy atom. The van der Waals surface area contributed by atoms with Gasteiger partial charge >= 0.3 is 0 Å². The number of ether oxygens (including phenoxy) is 1. The van der Waals surface area contributed by atoms with Crippen LogP contribution in [-0.4, -0.2) is 53.6 Å². The zero-order valence-corrected chi connectivity index (χ0v) is 21.6. The lowest BCUT2D eigenvalue weighted by Gasteiger charge is -2.36. The molecular formula is C24H22ClN5O4S2. The van der Waals surface area contributed by atoms with Crippen LogP contribution in [0, 0.1) is 0 Å². The molecule has 186 valence electrons. The van der Waals surface area contributed by atoms with Crippen molar-refractivity contribution in [3.8, 4) is 5.75 Å². The van der Waals surface area contributed by atoms with Crippen LogP contribution < -0.4 is 10.1 Å². The summed E-state index contributed by atoms with van der Waals surface area (Å²) in [7, 11) is -2.10. The van der Waals surface area contributed by atoms with Crippen molar-refractivity contribution in [2.45, 2.75) is 17.4 Å². The van der Waals surface area contributed by atoms with Gasteiger partial charge in [-0.25, -0.2) is 8.42 Å². The summed E-state index contributed by atoms with van der Waals surface area (Å²) in [4.78, 5) is 19.2. The minimum Gasteiger partial charge on any atom is -0.496 e. The summed E-state index contributed by atoms with van der Waals surface area (Å²) < 4.78 is 34.4. The predicted octanol–water partition coefficient (Wildman–Crippen LogP) is 4.09. The number of thiophene rings is 1. The maximum atomic E-state index is 13.4. The van der Waals surface area contributed by atoms with Gasteiger partial charge in [0.25, 0.3) is 5.91 Å². The van der Waals surface area contributed by atoms with Gasteiger partial charge in [-0.2, -0.15) is 14.0 Å². The van der Waals surface area contributed by atoms with Crippen LogP contribution in [0.1, 0.15) is 27.0 Å². The number of rotatable bonds is 8. The van der Waals surface area contributed by atoms with Crippen molar-refractivity contribution in [2.75, 3.05) is 25.5 Å². The molecule has 0 unspecified atom stereocenters. The highest BCUT2D eigenvalue weighted by Crippen LogP contribution is 2.32. The van der Waals surface area contributed by atoms with Crippen LogP contribution in [0.5, 0.6) is 5.75 Å². The Labute approximate surface area is 217 Å². The average molecular weight is 544 g/mol. The van der Waals surface area contributed by atoms with Crippen LogP contribution in [0.3, 0.4) is 0 Å². The van der Waals surface area contributed by atoms with Gasteiger partial charge in [0.05, 0.1) is 28.4 Å². The summed E-state index contributed by atoms with van der Waals surface area (Å²) in [5.74, 6) is 0.413. The third-order valence-electron chi connectivity index (χ3n) is 5.80. The molecule has 36 heavy (non-hydrogen) atoms. The highest BCUT2D eigenvalue weighted by atomic mass is 35.5. The van der Waals surface area contributed by atoms with E-state index in [4.69, 9.17) is 16.3 Å². The summed E-state index contributed by atoms with van der Waals surface area (Å²) in [6, 6.07) is 18.9. The fraction of sp³-hybridized carbons (Fsp3) is 0.208. The molecule has 1 fully saturated rings. The number of nitrogens with one attached hydrogen (secondary N) is 1. The second kappa shape index (κ2) is 10.0. The topological polar surface area (TPSA) is 106 Å². The maximum Gasteiger partial charge on any atom is 0.285 e. The molecular weight excluding hydrogens is 522 g/mol. The number of para-hydroxylation sites is 1. The molecule has 1 saturated heterocycles. The first-order chi connectivity index (χ1) is 17.4. The van der Waals surface area contributed by atoms with E-state index in [1.807, 2.05) is 6.07 Å². The molecule has 0 bridgehead atoms. The lowest BCUT2D eigenvalue weighted by Crippen LogP contribution is -2.48. The van der Waals surface area contributed by atoms with Crippen molar-refractivity contribution >= 4 is 44.8 Å². The number of benzene rings is 2. The largest absolute Gasteiger partial charge is 0.496 e. The Morgan fingerprint density at radius 1 is 1.11 bits per heavy atom. The smallest absolute Gasteiger partial charge is 0.285 e. The van der Waals surface area contributed by atoms with Crippen molar-refractivity contribution in [1.29, 1.82) is 0 Å². The minimum atomic E-state index is -3.60. The molecule has 2 aromatic heterocycles. The molecule has 9 nitrogen and oxygen atoms in total. The standard InChI is InChI=1S/C24H22ClN5O4S2/c1-34-20-10-6-5-9-19(20)23(31)30-24(26-13-17-11-12-21(25)35-17)27-22(28-30)16-14-29(15-16)36(32,33)18-7-3-2-4-8-18/h2-12,16H,13-15H2,1H3,(H,26,27,28). The van der Waals surface area contributed by atoms with Crippen molar-refractivity contribution < 1.29 is 17.9 Å². The molecule has 0 atom stereocenters. The highest BCUT2D eigenvalue weighted by molar-refractivity contribution is 7.89. The third-order valence-corrected chi connectivity index (χ3v) is 8.87. The number of carbonyl (C=O) groups excluding carboxylic acids is 1. The number of anilines is 1. The van der Waals surface area contributed by atoms with Crippen LogP contribution in [0.25, 0.3) is 0 Å². The first kappa shape index (κ1) is 24.4. The lowest BCUT2D eigenvalue weighted by molar-refractivity contribution is 0.0943. The molecule has 1 N–H and O–H groups in total. The summed E-state index contributed by atoms with van der Waals surface area (Å²) in [5.41, 5.74) is 0.334. The second-order valence-corrected chi connectivity index (χ2v) is 11.8. The van der Waals surface area contributed by atoms with E-state index in [9.17, 15) is 13.2 Å². The fourth-order valence-electron chi connectivity index (χ4n) is 3.84. The summed E-state index contributed by atoms with van der Waals surface area (Å²) >= 11 is 7.46. The average Bonchev–Trinajstić information content (AvgIpc) is 3.47. The predicted molar refractivity (Wildman–Crippen MR) is 137 cm³/mol. The molecule has 1 aliphatic heterocycles. The third kappa shape index (κ3) is 4.74. The van der Waals surface area contributed by atoms with Gasteiger partial charge in [0.1, 0.15) is 5.75 Å². The molecule has 0 aliphatic carbocycles. The van der Waals surface area contributed by atoms with E-state index in [0.29, 0.717) is 28.0 Å². The molecule has 1 aliphatic rings.